The van der Waals surface area contributed by atoms with Crippen molar-refractivity contribution in [2.24, 2.45) is 5.41 Å². The molecule has 1 saturated carbocycles. The predicted octanol–water partition coefficient (Wildman–Crippen LogP) is 3.31. The third kappa shape index (κ3) is 3.52. The van der Waals surface area contributed by atoms with Crippen molar-refractivity contribution in [3.8, 4) is 11.8 Å². The lowest BCUT2D eigenvalue weighted by molar-refractivity contribution is -0.131. The Hall–Kier alpha value is -3.33. The first-order chi connectivity index (χ1) is 12.6. The summed E-state index contributed by atoms with van der Waals surface area (Å²) in [6.07, 6.45) is 0.965. The van der Waals surface area contributed by atoms with Crippen molar-refractivity contribution < 1.29 is 14.3 Å². The van der Waals surface area contributed by atoms with Crippen LogP contribution in [-0.2, 0) is 9.59 Å². The number of para-hydroxylation sites is 1. The zero-order valence-corrected chi connectivity index (χ0v) is 14.4. The maximum Gasteiger partial charge on any atom is 0.240 e. The molecule has 132 valence electrons. The van der Waals surface area contributed by atoms with Crippen LogP contribution in [0.4, 0.5) is 11.4 Å². The summed E-state index contributed by atoms with van der Waals surface area (Å²) < 4.78 is 5.37. The minimum absolute atomic E-state index is 0.339. The molecule has 6 heteroatoms. The maximum absolute atomic E-state index is 12.6. The Kier molecular flexibility index (Phi) is 4.90. The van der Waals surface area contributed by atoms with Gasteiger partial charge in [-0.3, -0.25) is 9.59 Å². The number of amides is 2. The fourth-order valence-electron chi connectivity index (χ4n) is 2.67. The van der Waals surface area contributed by atoms with Crippen LogP contribution >= 0.6 is 0 Å². The number of benzene rings is 2. The molecule has 1 fully saturated rings. The van der Waals surface area contributed by atoms with Gasteiger partial charge in [0.2, 0.25) is 11.8 Å². The van der Waals surface area contributed by atoms with Crippen LogP contribution in [0.1, 0.15) is 25.3 Å². The van der Waals surface area contributed by atoms with E-state index in [2.05, 4.69) is 10.6 Å². The molecule has 0 atom stereocenters. The molecule has 2 amide bonds. The average Bonchev–Trinajstić information content (AvgIpc) is 3.46. The molecular formula is C20H19N3O3. The molecule has 0 saturated heterocycles. The van der Waals surface area contributed by atoms with Crippen LogP contribution in [0, 0.1) is 16.7 Å². The molecule has 0 radical (unpaired) electrons. The number of nitrogens with zero attached hydrogens (tertiary/aromatic N) is 1. The van der Waals surface area contributed by atoms with Crippen molar-refractivity contribution in [3.05, 3.63) is 54.1 Å². The van der Waals surface area contributed by atoms with E-state index in [1.165, 1.54) is 0 Å². The fraction of sp³-hybridized carbons (Fsp3) is 0.250. The molecule has 6 nitrogen and oxygen atoms in total. The highest BCUT2D eigenvalue weighted by Gasteiger charge is 2.56. The second kappa shape index (κ2) is 7.28. The van der Waals surface area contributed by atoms with Gasteiger partial charge in [0.15, 0.2) is 0 Å². The summed E-state index contributed by atoms with van der Waals surface area (Å²) in [5.74, 6) is -0.00489. The van der Waals surface area contributed by atoms with E-state index in [-0.39, 0.29) is 11.8 Å². The number of rotatable bonds is 6. The van der Waals surface area contributed by atoms with Crippen LogP contribution < -0.4 is 15.4 Å². The number of hydrogen-bond acceptors (Lipinski definition) is 4. The Labute approximate surface area is 151 Å². The first-order valence-electron chi connectivity index (χ1n) is 8.44. The molecule has 26 heavy (non-hydrogen) atoms. The Bertz CT molecular complexity index is 865. The van der Waals surface area contributed by atoms with Gasteiger partial charge in [0, 0.05) is 5.69 Å². The van der Waals surface area contributed by atoms with Crippen molar-refractivity contribution in [2.45, 2.75) is 19.8 Å². The van der Waals surface area contributed by atoms with Gasteiger partial charge in [-0.05, 0) is 56.2 Å². The Morgan fingerprint density at radius 1 is 1.08 bits per heavy atom. The summed E-state index contributed by atoms with van der Waals surface area (Å²) in [5.41, 5.74) is 0.305. The molecule has 1 aliphatic carbocycles. The van der Waals surface area contributed by atoms with Gasteiger partial charge < -0.3 is 15.4 Å². The number of hydrogen-bond donors (Lipinski definition) is 2. The van der Waals surface area contributed by atoms with E-state index in [9.17, 15) is 9.59 Å². The summed E-state index contributed by atoms with van der Waals surface area (Å²) in [6.45, 7) is 2.47. The quantitative estimate of drug-likeness (QED) is 0.783. The lowest BCUT2D eigenvalue weighted by atomic mass is 10.0. The number of nitriles is 1. The maximum atomic E-state index is 12.6. The van der Waals surface area contributed by atoms with Crippen LogP contribution in [0.25, 0.3) is 0 Å². The van der Waals surface area contributed by atoms with Gasteiger partial charge in [0.05, 0.1) is 17.9 Å². The second-order valence-electron chi connectivity index (χ2n) is 6.11. The van der Waals surface area contributed by atoms with Gasteiger partial charge in [-0.15, -0.1) is 0 Å². The van der Waals surface area contributed by atoms with Gasteiger partial charge in [0.25, 0.3) is 0 Å². The highest BCUT2D eigenvalue weighted by atomic mass is 16.5. The largest absolute Gasteiger partial charge is 0.494 e. The average molecular weight is 349 g/mol. The number of nitrogens with one attached hydrogen (secondary N) is 2. The van der Waals surface area contributed by atoms with Crippen LogP contribution in [0.2, 0.25) is 0 Å². The van der Waals surface area contributed by atoms with E-state index >= 15 is 0 Å². The Morgan fingerprint density at radius 3 is 2.35 bits per heavy atom. The molecule has 3 rings (SSSR count). The van der Waals surface area contributed by atoms with Gasteiger partial charge in [0.1, 0.15) is 17.2 Å². The molecule has 0 aromatic heterocycles. The molecule has 0 aliphatic heterocycles. The molecule has 0 spiro atoms. The standard InChI is InChI=1S/C20H19N3O3/c1-2-26-16-9-7-15(8-10-16)22-18(24)20(11-12-20)19(25)23-17-6-4-3-5-14(17)13-21/h3-10H,2,11-12H2,1H3,(H,22,24)(H,23,25). The monoisotopic (exact) mass is 349 g/mol. The van der Waals surface area contributed by atoms with E-state index in [1.807, 2.05) is 13.0 Å². The number of carbonyl (C=O) groups excluding carboxylic acids is 2. The van der Waals surface area contributed by atoms with E-state index in [0.29, 0.717) is 36.4 Å². The normalized spacial score (nSPS) is 14.0. The summed E-state index contributed by atoms with van der Waals surface area (Å²) >= 11 is 0. The summed E-state index contributed by atoms with van der Waals surface area (Å²) in [6, 6.07) is 15.8. The summed E-state index contributed by atoms with van der Waals surface area (Å²) in [7, 11) is 0. The predicted molar refractivity (Wildman–Crippen MR) is 97.7 cm³/mol. The van der Waals surface area contributed by atoms with E-state index < -0.39 is 5.41 Å². The minimum atomic E-state index is -1.08. The third-order valence-electron chi connectivity index (χ3n) is 4.34. The third-order valence-corrected chi connectivity index (χ3v) is 4.34. The highest BCUT2D eigenvalue weighted by molar-refractivity contribution is 6.17. The molecule has 2 N–H and O–H groups in total. The van der Waals surface area contributed by atoms with Crippen molar-refractivity contribution in [1.29, 1.82) is 5.26 Å². The van der Waals surface area contributed by atoms with Crippen molar-refractivity contribution in [1.82, 2.24) is 0 Å². The van der Waals surface area contributed by atoms with Crippen LogP contribution in [0.15, 0.2) is 48.5 Å². The molecule has 2 aromatic carbocycles. The SMILES string of the molecule is CCOc1ccc(NC(=O)C2(C(=O)Nc3ccccc3C#N)CC2)cc1. The number of ether oxygens (including phenoxy) is 1. The molecule has 2 aromatic rings. The topological polar surface area (TPSA) is 91.2 Å². The number of carbonyl (C=O) groups is 2. The fourth-order valence-corrected chi connectivity index (χ4v) is 2.67. The molecule has 0 bridgehead atoms. The Balaban J connectivity index is 1.68. The molecule has 1 aliphatic rings. The second-order valence-corrected chi connectivity index (χ2v) is 6.11. The zero-order chi connectivity index (χ0) is 18.6. The molecule has 0 unspecified atom stereocenters. The summed E-state index contributed by atoms with van der Waals surface area (Å²) in [5, 5.41) is 14.6. The first kappa shape index (κ1) is 17.5. The highest BCUT2D eigenvalue weighted by Crippen LogP contribution is 2.47. The molecular weight excluding hydrogens is 330 g/mol. The number of anilines is 2. The van der Waals surface area contributed by atoms with E-state index in [4.69, 9.17) is 10.00 Å². The van der Waals surface area contributed by atoms with Gasteiger partial charge in [-0.1, -0.05) is 12.1 Å². The first-order valence-corrected chi connectivity index (χ1v) is 8.44. The van der Waals surface area contributed by atoms with Crippen molar-refractivity contribution >= 4 is 23.2 Å². The lowest BCUT2D eigenvalue weighted by Gasteiger charge is -2.16. The lowest BCUT2D eigenvalue weighted by Crippen LogP contribution is -2.35. The van der Waals surface area contributed by atoms with Gasteiger partial charge in [-0.2, -0.15) is 5.26 Å². The zero-order valence-electron chi connectivity index (χ0n) is 14.4. The van der Waals surface area contributed by atoms with Gasteiger partial charge >= 0.3 is 0 Å². The minimum Gasteiger partial charge on any atom is -0.494 e. The van der Waals surface area contributed by atoms with Crippen molar-refractivity contribution in [3.63, 3.8) is 0 Å². The van der Waals surface area contributed by atoms with Crippen LogP contribution in [0.5, 0.6) is 5.75 Å². The van der Waals surface area contributed by atoms with Crippen LogP contribution in [-0.4, -0.2) is 18.4 Å². The van der Waals surface area contributed by atoms with Gasteiger partial charge in [-0.25, -0.2) is 0 Å². The van der Waals surface area contributed by atoms with E-state index in [0.717, 1.165) is 5.75 Å². The Morgan fingerprint density at radius 2 is 1.73 bits per heavy atom. The van der Waals surface area contributed by atoms with E-state index in [1.54, 1.807) is 48.5 Å². The molecule has 0 heterocycles. The summed E-state index contributed by atoms with van der Waals surface area (Å²) in [4.78, 5) is 25.3. The van der Waals surface area contributed by atoms with Crippen molar-refractivity contribution in [2.75, 3.05) is 17.2 Å². The van der Waals surface area contributed by atoms with Crippen LogP contribution in [0.3, 0.4) is 0 Å². The smallest absolute Gasteiger partial charge is 0.240 e.